The van der Waals surface area contributed by atoms with Crippen LogP contribution in [0.5, 0.6) is 0 Å². The van der Waals surface area contributed by atoms with Crippen LogP contribution in [-0.2, 0) is 8.92 Å². The van der Waals surface area contributed by atoms with Crippen LogP contribution in [0, 0.1) is 5.82 Å². The van der Waals surface area contributed by atoms with Gasteiger partial charge in [0.2, 0.25) is 0 Å². The molecule has 3 aromatic carbocycles. The number of anilines is 1. The second kappa shape index (κ2) is 9.89. The summed E-state index contributed by atoms with van der Waals surface area (Å²) >= 11 is 3.79. The molecule has 0 saturated heterocycles. The summed E-state index contributed by atoms with van der Waals surface area (Å²) in [4.78, 5) is 12.9. The van der Waals surface area contributed by atoms with Crippen molar-refractivity contribution in [2.45, 2.75) is 6.92 Å². The minimum atomic E-state index is -0.492. The number of esters is 1. The smallest absolute Gasteiger partial charge is 0.342 e. The second-order valence-corrected chi connectivity index (χ2v) is 7.31. The van der Waals surface area contributed by atoms with E-state index < -0.39 is 5.97 Å². The minimum absolute atomic E-state index is 0.225. The zero-order valence-electron chi connectivity index (χ0n) is 17.4. The van der Waals surface area contributed by atoms with Crippen LogP contribution >= 0.6 is 12.9 Å². The maximum Gasteiger partial charge on any atom is 0.342 e. The van der Waals surface area contributed by atoms with Gasteiger partial charge in [-0.2, -0.15) is 0 Å². The van der Waals surface area contributed by atoms with Crippen LogP contribution in [0.1, 0.15) is 17.3 Å². The molecule has 0 aliphatic heterocycles. The highest BCUT2D eigenvalue weighted by atomic mass is 32.1. The molecular formula is C25H22FNO4S. The lowest BCUT2D eigenvalue weighted by Gasteiger charge is -2.12. The molecule has 0 spiro atoms. The summed E-state index contributed by atoms with van der Waals surface area (Å²) in [5, 5.41) is 3.96. The Morgan fingerprint density at radius 2 is 1.81 bits per heavy atom. The Balaban J connectivity index is 1.94. The van der Waals surface area contributed by atoms with E-state index in [2.05, 4.69) is 18.2 Å². The first-order chi connectivity index (χ1) is 15.6. The third kappa shape index (κ3) is 4.49. The van der Waals surface area contributed by atoms with Crippen LogP contribution in [0.4, 0.5) is 10.1 Å². The van der Waals surface area contributed by atoms with Crippen LogP contribution in [-0.4, -0.2) is 25.7 Å². The maximum atomic E-state index is 13.5. The van der Waals surface area contributed by atoms with Gasteiger partial charge in [-0.15, -0.1) is 0 Å². The highest BCUT2D eigenvalue weighted by Gasteiger charge is 2.25. The Kier molecular flexibility index (Phi) is 6.78. The van der Waals surface area contributed by atoms with Gasteiger partial charge in [0.25, 0.3) is 0 Å². The zero-order chi connectivity index (χ0) is 22.5. The summed E-state index contributed by atoms with van der Waals surface area (Å²) in [5.41, 5.74) is 4.11. The Hall–Kier alpha value is -3.29. The number of ether oxygens (including phenoxy) is 1. The van der Waals surface area contributed by atoms with Gasteiger partial charge in [-0.1, -0.05) is 30.3 Å². The summed E-state index contributed by atoms with van der Waals surface area (Å²) in [7, 11) is 0. The summed E-state index contributed by atoms with van der Waals surface area (Å²) < 4.78 is 29.8. The number of carbonyl (C=O) groups excluding carboxylic acids is 1. The third-order valence-corrected chi connectivity index (χ3v) is 5.19. The molecule has 0 fully saturated rings. The summed E-state index contributed by atoms with van der Waals surface area (Å²) in [6.45, 7) is 2.91. The topological polar surface area (TPSA) is 60.7 Å². The molecule has 0 aliphatic rings. The van der Waals surface area contributed by atoms with E-state index >= 15 is 0 Å². The summed E-state index contributed by atoms with van der Waals surface area (Å²) in [5.74, 6) is -0.520. The number of furan rings is 1. The number of hydrogen-bond donors (Lipinski definition) is 2. The number of hydrogen-bond acceptors (Lipinski definition) is 6. The van der Waals surface area contributed by atoms with Crippen molar-refractivity contribution in [3.05, 3.63) is 78.1 Å². The van der Waals surface area contributed by atoms with Crippen molar-refractivity contribution < 1.29 is 22.5 Å². The van der Waals surface area contributed by atoms with E-state index in [1.54, 1.807) is 19.1 Å². The third-order valence-electron chi connectivity index (χ3n) is 5.01. The van der Waals surface area contributed by atoms with Gasteiger partial charge in [0.1, 0.15) is 22.7 Å². The highest BCUT2D eigenvalue weighted by Crippen LogP contribution is 2.40. The van der Waals surface area contributed by atoms with Gasteiger partial charge < -0.3 is 18.7 Å². The molecular weight excluding hydrogens is 429 g/mol. The molecule has 0 radical (unpaired) electrons. The molecule has 1 N–H and O–H groups in total. The quantitative estimate of drug-likeness (QED) is 0.141. The SMILES string of the molecule is CCOC(=O)c1c(-c2ccc(F)cc2)oc2cc(NCCOS)c(-c3ccccc3)cc12. The first kappa shape index (κ1) is 21.9. The van der Waals surface area contributed by atoms with Gasteiger partial charge in [-0.25, -0.2) is 9.18 Å². The molecule has 4 rings (SSSR count). The molecule has 7 heteroatoms. The largest absolute Gasteiger partial charge is 0.462 e. The van der Waals surface area contributed by atoms with Gasteiger partial charge in [0.05, 0.1) is 13.2 Å². The number of rotatable bonds is 8. The van der Waals surface area contributed by atoms with E-state index in [1.807, 2.05) is 42.5 Å². The monoisotopic (exact) mass is 451 g/mol. The number of fused-ring (bicyclic) bond motifs is 1. The van der Waals surface area contributed by atoms with Crippen LogP contribution in [0.2, 0.25) is 0 Å². The van der Waals surface area contributed by atoms with Crippen molar-refractivity contribution in [2.75, 3.05) is 25.1 Å². The van der Waals surface area contributed by atoms with Gasteiger partial charge >= 0.3 is 5.97 Å². The van der Waals surface area contributed by atoms with Crippen LogP contribution in [0.3, 0.4) is 0 Å². The van der Waals surface area contributed by atoms with Crippen molar-refractivity contribution in [1.29, 1.82) is 0 Å². The lowest BCUT2D eigenvalue weighted by atomic mass is 9.98. The van der Waals surface area contributed by atoms with Gasteiger partial charge in [0, 0.05) is 34.8 Å². The molecule has 4 aromatic rings. The average Bonchev–Trinajstić information content (AvgIpc) is 3.18. The molecule has 0 amide bonds. The van der Waals surface area contributed by atoms with E-state index in [9.17, 15) is 9.18 Å². The number of halogens is 1. The van der Waals surface area contributed by atoms with Gasteiger partial charge in [-0.05, 0) is 55.7 Å². The van der Waals surface area contributed by atoms with E-state index in [-0.39, 0.29) is 12.4 Å². The Morgan fingerprint density at radius 3 is 2.50 bits per heavy atom. The fourth-order valence-electron chi connectivity index (χ4n) is 3.59. The molecule has 0 atom stereocenters. The standard InChI is InChI=1S/C25H22FNO4S/c1-2-29-25(28)23-20-14-19(16-6-4-3-5-7-16)21(27-12-13-30-32)15-22(20)31-24(23)17-8-10-18(26)11-9-17/h3-11,14-15,27,32H,2,12-13H2,1H3. The van der Waals surface area contributed by atoms with Gasteiger partial charge in [0.15, 0.2) is 0 Å². The molecule has 5 nitrogen and oxygen atoms in total. The zero-order valence-corrected chi connectivity index (χ0v) is 18.3. The predicted octanol–water partition coefficient (Wildman–Crippen LogP) is 6.36. The number of carbonyl (C=O) groups is 1. The summed E-state index contributed by atoms with van der Waals surface area (Å²) in [6.07, 6.45) is 0. The Bertz CT molecular complexity index is 1220. The van der Waals surface area contributed by atoms with E-state index in [0.717, 1.165) is 16.8 Å². The maximum absolute atomic E-state index is 13.5. The van der Waals surface area contributed by atoms with Crippen LogP contribution in [0.15, 0.2) is 71.1 Å². The average molecular weight is 452 g/mol. The van der Waals surface area contributed by atoms with Crippen LogP contribution < -0.4 is 5.32 Å². The lowest BCUT2D eigenvalue weighted by molar-refractivity contribution is 0.0528. The normalized spacial score (nSPS) is 11.0. The number of benzene rings is 3. The van der Waals surface area contributed by atoms with E-state index in [1.165, 1.54) is 12.1 Å². The first-order valence-electron chi connectivity index (χ1n) is 10.2. The minimum Gasteiger partial charge on any atom is -0.462 e. The fraction of sp³-hybridized carbons (Fsp3) is 0.160. The Labute approximate surface area is 190 Å². The molecule has 0 saturated carbocycles. The molecule has 0 aliphatic carbocycles. The van der Waals surface area contributed by atoms with Crippen molar-refractivity contribution in [1.82, 2.24) is 0 Å². The van der Waals surface area contributed by atoms with Crippen molar-refractivity contribution in [3.63, 3.8) is 0 Å². The lowest BCUT2D eigenvalue weighted by Crippen LogP contribution is -2.08. The van der Waals surface area contributed by atoms with Crippen molar-refractivity contribution >= 4 is 35.5 Å². The summed E-state index contributed by atoms with van der Waals surface area (Å²) in [6, 6.07) is 19.4. The fourth-order valence-corrected chi connectivity index (χ4v) is 3.68. The molecule has 164 valence electrons. The number of thiol groups is 1. The predicted molar refractivity (Wildman–Crippen MR) is 126 cm³/mol. The Morgan fingerprint density at radius 1 is 1.06 bits per heavy atom. The molecule has 0 bridgehead atoms. The highest BCUT2D eigenvalue weighted by molar-refractivity contribution is 7.75. The number of nitrogens with one attached hydrogen (secondary N) is 1. The van der Waals surface area contributed by atoms with Crippen molar-refractivity contribution in [2.24, 2.45) is 0 Å². The molecule has 1 heterocycles. The second-order valence-electron chi connectivity index (χ2n) is 7.05. The van der Waals surface area contributed by atoms with E-state index in [0.29, 0.717) is 41.0 Å². The molecule has 1 aromatic heterocycles. The van der Waals surface area contributed by atoms with E-state index in [4.69, 9.17) is 13.3 Å². The van der Waals surface area contributed by atoms with Crippen molar-refractivity contribution in [3.8, 4) is 22.5 Å². The first-order valence-corrected chi connectivity index (χ1v) is 10.6. The molecule has 0 unspecified atom stereocenters. The molecule has 32 heavy (non-hydrogen) atoms. The van der Waals surface area contributed by atoms with Crippen LogP contribution in [0.25, 0.3) is 33.4 Å². The van der Waals surface area contributed by atoms with Gasteiger partial charge in [-0.3, -0.25) is 0 Å².